The maximum absolute atomic E-state index is 12.4. The lowest BCUT2D eigenvalue weighted by Gasteiger charge is -2.06. The van der Waals surface area contributed by atoms with Crippen LogP contribution < -0.4 is 10.1 Å². The van der Waals surface area contributed by atoms with Gasteiger partial charge in [0.05, 0.1) is 27.8 Å². The number of hydrogen-bond acceptors (Lipinski definition) is 7. The topological polar surface area (TPSA) is 85.4 Å². The van der Waals surface area contributed by atoms with Gasteiger partial charge in [-0.2, -0.15) is 0 Å². The Kier molecular flexibility index (Phi) is 7.18. The van der Waals surface area contributed by atoms with E-state index >= 15 is 0 Å². The van der Waals surface area contributed by atoms with Crippen molar-refractivity contribution in [1.82, 2.24) is 4.98 Å². The number of anilines is 1. The number of ether oxygens (including phenoxy) is 1. The molecule has 0 unspecified atom stereocenters. The van der Waals surface area contributed by atoms with Crippen molar-refractivity contribution in [2.75, 3.05) is 18.2 Å². The van der Waals surface area contributed by atoms with E-state index in [-0.39, 0.29) is 29.4 Å². The predicted molar refractivity (Wildman–Crippen MR) is 118 cm³/mol. The van der Waals surface area contributed by atoms with Crippen molar-refractivity contribution >= 4 is 66.8 Å². The number of halogens is 2. The first kappa shape index (κ1) is 22.0. The Labute approximate surface area is 186 Å². The van der Waals surface area contributed by atoms with E-state index < -0.39 is 9.84 Å². The minimum atomic E-state index is -3.46. The van der Waals surface area contributed by atoms with Crippen LogP contribution in [0.1, 0.15) is 12.8 Å². The second-order valence-electron chi connectivity index (χ2n) is 5.92. The Bertz CT molecular complexity index is 1110. The van der Waals surface area contributed by atoms with Crippen LogP contribution in [0, 0.1) is 0 Å². The first-order valence-electron chi connectivity index (χ1n) is 8.36. The Morgan fingerprint density at radius 1 is 1.24 bits per heavy atom. The molecular formula is C18H16Cl2N2O4S3. The zero-order chi connectivity index (χ0) is 21.0. The summed E-state index contributed by atoms with van der Waals surface area (Å²) in [5, 5.41) is 4.87. The molecule has 0 saturated heterocycles. The maximum atomic E-state index is 12.4. The first-order valence-corrected chi connectivity index (χ1v) is 12.5. The lowest BCUT2D eigenvalue weighted by molar-refractivity contribution is -0.116. The molecule has 29 heavy (non-hydrogen) atoms. The Balaban J connectivity index is 1.53. The number of hydrogen-bond donors (Lipinski definition) is 1. The molecule has 1 aromatic carbocycles. The Hall–Kier alpha value is -1.65. The van der Waals surface area contributed by atoms with Crippen molar-refractivity contribution in [3.8, 4) is 17.0 Å². The third-order valence-electron chi connectivity index (χ3n) is 3.92. The Morgan fingerprint density at radius 2 is 1.97 bits per heavy atom. The fraction of sp³-hybridized carbons (Fsp3) is 0.222. The summed E-state index contributed by atoms with van der Waals surface area (Å²) in [6.07, 6.45) is 0.264. The SMILES string of the molecule is COc1ccc(S(=O)(=O)CCCC(=O)Nc2nc(-c3cc(Cl)sc3Cl)cs2)cc1. The lowest BCUT2D eigenvalue weighted by atomic mass is 10.3. The highest BCUT2D eigenvalue weighted by molar-refractivity contribution is 7.91. The summed E-state index contributed by atoms with van der Waals surface area (Å²) in [5.74, 6) is 0.154. The number of thiophene rings is 1. The van der Waals surface area contributed by atoms with Crippen LogP contribution in [0.15, 0.2) is 40.6 Å². The van der Waals surface area contributed by atoms with Crippen molar-refractivity contribution in [2.45, 2.75) is 17.7 Å². The number of rotatable bonds is 8. The van der Waals surface area contributed by atoms with Gasteiger partial charge >= 0.3 is 0 Å². The second-order valence-corrected chi connectivity index (χ2v) is 11.2. The number of amides is 1. The minimum absolute atomic E-state index is 0.0648. The third kappa shape index (κ3) is 5.70. The molecule has 2 aromatic heterocycles. The van der Waals surface area contributed by atoms with Crippen LogP contribution in [0.2, 0.25) is 8.67 Å². The normalized spacial score (nSPS) is 11.4. The molecule has 0 spiro atoms. The van der Waals surface area contributed by atoms with E-state index in [2.05, 4.69) is 10.3 Å². The van der Waals surface area contributed by atoms with Crippen molar-refractivity contribution in [3.63, 3.8) is 0 Å². The van der Waals surface area contributed by atoms with Gasteiger partial charge in [-0.3, -0.25) is 4.79 Å². The average Bonchev–Trinajstić information content (AvgIpc) is 3.27. The zero-order valence-corrected chi connectivity index (χ0v) is 19.1. The van der Waals surface area contributed by atoms with Gasteiger partial charge in [0.25, 0.3) is 0 Å². The molecule has 0 aliphatic carbocycles. The van der Waals surface area contributed by atoms with Gasteiger partial charge in [-0.1, -0.05) is 23.2 Å². The standard InChI is InChI=1S/C18H16Cl2N2O4S3/c1-26-11-4-6-12(7-5-11)29(24,25)8-2-3-16(23)22-18-21-14(10-27-18)13-9-15(19)28-17(13)20/h4-7,9-10H,2-3,8H2,1H3,(H,21,22,23). The van der Waals surface area contributed by atoms with E-state index in [1.165, 1.54) is 41.9 Å². The fourth-order valence-electron chi connectivity index (χ4n) is 2.48. The molecule has 0 saturated carbocycles. The first-order chi connectivity index (χ1) is 13.8. The molecule has 2 heterocycles. The van der Waals surface area contributed by atoms with Crippen LogP contribution in [0.4, 0.5) is 5.13 Å². The summed E-state index contributed by atoms with van der Waals surface area (Å²) in [6.45, 7) is 0. The molecule has 0 fully saturated rings. The van der Waals surface area contributed by atoms with Gasteiger partial charge in [0.15, 0.2) is 15.0 Å². The van der Waals surface area contributed by atoms with E-state index in [1.54, 1.807) is 23.6 Å². The van der Waals surface area contributed by atoms with E-state index in [0.29, 0.717) is 30.8 Å². The van der Waals surface area contributed by atoms with Crippen molar-refractivity contribution in [2.24, 2.45) is 0 Å². The number of aromatic nitrogens is 1. The number of nitrogens with zero attached hydrogens (tertiary/aromatic N) is 1. The molecule has 11 heteroatoms. The predicted octanol–water partition coefficient (Wildman–Crippen LogP) is 5.38. The van der Waals surface area contributed by atoms with Crippen LogP contribution in [-0.4, -0.2) is 32.2 Å². The molecule has 3 aromatic rings. The van der Waals surface area contributed by atoms with Gasteiger partial charge in [0.2, 0.25) is 5.91 Å². The quantitative estimate of drug-likeness (QED) is 0.457. The molecule has 1 amide bonds. The van der Waals surface area contributed by atoms with Crippen LogP contribution in [0.25, 0.3) is 11.3 Å². The molecule has 0 atom stereocenters. The summed E-state index contributed by atoms with van der Waals surface area (Å²) >= 11 is 14.6. The molecule has 6 nitrogen and oxygen atoms in total. The zero-order valence-electron chi connectivity index (χ0n) is 15.1. The second kappa shape index (κ2) is 9.44. The smallest absolute Gasteiger partial charge is 0.226 e. The van der Waals surface area contributed by atoms with E-state index in [4.69, 9.17) is 27.9 Å². The molecule has 0 bridgehead atoms. The molecular weight excluding hydrogens is 475 g/mol. The number of nitrogens with one attached hydrogen (secondary N) is 1. The summed E-state index contributed by atoms with van der Waals surface area (Å²) in [5.41, 5.74) is 1.34. The molecule has 0 aliphatic rings. The lowest BCUT2D eigenvalue weighted by Crippen LogP contribution is -2.14. The van der Waals surface area contributed by atoms with Crippen LogP contribution >= 0.6 is 45.9 Å². The number of sulfone groups is 1. The molecule has 154 valence electrons. The third-order valence-corrected chi connectivity index (χ3v) is 7.98. The van der Waals surface area contributed by atoms with E-state index in [0.717, 1.165) is 0 Å². The summed E-state index contributed by atoms with van der Waals surface area (Å²) < 4.78 is 30.8. The van der Waals surface area contributed by atoms with Gasteiger partial charge in [-0.15, -0.1) is 22.7 Å². The minimum Gasteiger partial charge on any atom is -0.497 e. The highest BCUT2D eigenvalue weighted by atomic mass is 35.5. The van der Waals surface area contributed by atoms with Crippen molar-refractivity contribution in [1.29, 1.82) is 0 Å². The van der Waals surface area contributed by atoms with Crippen LogP contribution in [-0.2, 0) is 14.6 Å². The van der Waals surface area contributed by atoms with Gasteiger partial charge in [0.1, 0.15) is 10.1 Å². The molecule has 1 N–H and O–H groups in total. The summed E-state index contributed by atoms with van der Waals surface area (Å²) in [4.78, 5) is 16.7. The molecule has 0 radical (unpaired) electrons. The van der Waals surface area contributed by atoms with Crippen molar-refractivity contribution < 1.29 is 17.9 Å². The number of methoxy groups -OCH3 is 1. The van der Waals surface area contributed by atoms with Gasteiger partial charge in [0, 0.05) is 17.4 Å². The number of thiazole rings is 1. The number of carbonyl (C=O) groups is 1. The fourth-order valence-corrected chi connectivity index (χ4v) is 5.99. The number of benzene rings is 1. The van der Waals surface area contributed by atoms with Gasteiger partial charge in [-0.25, -0.2) is 13.4 Å². The van der Waals surface area contributed by atoms with Gasteiger partial charge in [-0.05, 0) is 36.8 Å². The van der Waals surface area contributed by atoms with Crippen LogP contribution in [0.5, 0.6) is 5.75 Å². The maximum Gasteiger partial charge on any atom is 0.226 e. The van der Waals surface area contributed by atoms with Crippen LogP contribution in [0.3, 0.4) is 0 Å². The summed E-state index contributed by atoms with van der Waals surface area (Å²) in [6, 6.07) is 7.89. The summed E-state index contributed by atoms with van der Waals surface area (Å²) in [7, 11) is -1.95. The monoisotopic (exact) mass is 490 g/mol. The highest BCUT2D eigenvalue weighted by Gasteiger charge is 2.16. The largest absolute Gasteiger partial charge is 0.497 e. The van der Waals surface area contributed by atoms with E-state index in [9.17, 15) is 13.2 Å². The van der Waals surface area contributed by atoms with Gasteiger partial charge < -0.3 is 10.1 Å². The Morgan fingerprint density at radius 3 is 2.59 bits per heavy atom. The molecule has 3 rings (SSSR count). The van der Waals surface area contributed by atoms with E-state index in [1.807, 2.05) is 0 Å². The molecule has 0 aliphatic heterocycles. The van der Waals surface area contributed by atoms with Crippen molar-refractivity contribution in [3.05, 3.63) is 44.4 Å². The number of carbonyl (C=O) groups excluding carboxylic acids is 1. The average molecular weight is 491 g/mol. The highest BCUT2D eigenvalue weighted by Crippen LogP contribution is 2.39.